The summed E-state index contributed by atoms with van der Waals surface area (Å²) in [6.45, 7) is 3.93. The Morgan fingerprint density at radius 2 is 2.06 bits per heavy atom. The number of esters is 1. The smallest absolute Gasteiger partial charge is 0.328 e. The van der Waals surface area contributed by atoms with Gasteiger partial charge in [-0.05, 0) is 19.4 Å². The average Bonchev–Trinajstić information content (AvgIpc) is 2.29. The Morgan fingerprint density at radius 3 is 2.59 bits per heavy atom. The molecule has 0 spiro atoms. The van der Waals surface area contributed by atoms with E-state index in [4.69, 9.17) is 17.0 Å². The van der Waals surface area contributed by atoms with E-state index < -0.39 is 6.04 Å². The summed E-state index contributed by atoms with van der Waals surface area (Å²) in [6, 6.07) is 9.39. The number of hydrogen-bond acceptors (Lipinski definition) is 3. The van der Waals surface area contributed by atoms with Crippen molar-refractivity contribution >= 4 is 23.2 Å². The topological polar surface area (TPSA) is 38.3 Å². The van der Waals surface area contributed by atoms with E-state index in [1.165, 1.54) is 0 Å². The van der Waals surface area contributed by atoms with Gasteiger partial charge in [0.25, 0.3) is 0 Å². The lowest BCUT2D eigenvalue weighted by atomic mass is 10.1. The molecule has 0 bridgehead atoms. The zero-order chi connectivity index (χ0) is 12.7. The van der Waals surface area contributed by atoms with Gasteiger partial charge in [0.1, 0.15) is 6.04 Å². The van der Waals surface area contributed by atoms with Gasteiger partial charge in [0.15, 0.2) is 0 Å². The quantitative estimate of drug-likeness (QED) is 0.642. The van der Waals surface area contributed by atoms with E-state index in [1.807, 2.05) is 30.3 Å². The Balaban J connectivity index is 2.70. The van der Waals surface area contributed by atoms with Gasteiger partial charge >= 0.3 is 5.97 Å². The number of benzene rings is 1. The minimum Gasteiger partial charge on any atom is -0.464 e. The molecule has 0 saturated heterocycles. The summed E-state index contributed by atoms with van der Waals surface area (Å²) in [5, 5.41) is 2.97. The molecule has 1 aromatic carbocycles. The molecule has 1 rings (SSSR count). The molecule has 0 heterocycles. The standard InChI is InChI=1S/C13H17NO2S/c1-3-16-13(15)12(14-10(2)17)9-11-7-5-4-6-8-11/h4-8,12H,3,9H2,1-2H3,(H,14,17). The Kier molecular flexibility index (Phi) is 5.63. The highest BCUT2D eigenvalue weighted by molar-refractivity contribution is 7.80. The molecule has 1 N–H and O–H groups in total. The summed E-state index contributed by atoms with van der Waals surface area (Å²) < 4.78 is 5.02. The van der Waals surface area contributed by atoms with Crippen molar-refractivity contribution in [3.63, 3.8) is 0 Å². The number of hydrogen-bond donors (Lipinski definition) is 1. The minimum absolute atomic E-state index is 0.263. The zero-order valence-electron chi connectivity index (χ0n) is 10.1. The molecule has 1 unspecified atom stereocenters. The van der Waals surface area contributed by atoms with Gasteiger partial charge in [-0.25, -0.2) is 4.79 Å². The SMILES string of the molecule is CCOC(=O)C(Cc1ccccc1)NC(C)=S. The number of rotatable bonds is 5. The molecule has 17 heavy (non-hydrogen) atoms. The predicted molar refractivity (Wildman–Crippen MR) is 72.0 cm³/mol. The van der Waals surface area contributed by atoms with Crippen LogP contribution in [0.4, 0.5) is 0 Å². The monoisotopic (exact) mass is 251 g/mol. The maximum Gasteiger partial charge on any atom is 0.328 e. The summed E-state index contributed by atoms with van der Waals surface area (Å²) in [7, 11) is 0. The lowest BCUT2D eigenvalue weighted by Gasteiger charge is -2.17. The van der Waals surface area contributed by atoms with E-state index in [0.717, 1.165) is 5.56 Å². The average molecular weight is 251 g/mol. The van der Waals surface area contributed by atoms with Crippen LogP contribution in [0.3, 0.4) is 0 Å². The third kappa shape index (κ3) is 4.95. The van der Waals surface area contributed by atoms with E-state index in [2.05, 4.69) is 5.32 Å². The number of nitrogens with one attached hydrogen (secondary N) is 1. The van der Waals surface area contributed by atoms with Crippen molar-refractivity contribution in [1.29, 1.82) is 0 Å². The van der Waals surface area contributed by atoms with Gasteiger partial charge in [0, 0.05) is 6.42 Å². The van der Waals surface area contributed by atoms with Crippen LogP contribution >= 0.6 is 12.2 Å². The zero-order valence-corrected chi connectivity index (χ0v) is 10.9. The number of ether oxygens (including phenoxy) is 1. The van der Waals surface area contributed by atoms with Crippen molar-refractivity contribution < 1.29 is 9.53 Å². The van der Waals surface area contributed by atoms with Crippen LogP contribution in [0.5, 0.6) is 0 Å². The van der Waals surface area contributed by atoms with Gasteiger partial charge in [-0.1, -0.05) is 42.5 Å². The van der Waals surface area contributed by atoms with Crippen molar-refractivity contribution in [3.8, 4) is 0 Å². The molecule has 1 atom stereocenters. The van der Waals surface area contributed by atoms with E-state index >= 15 is 0 Å². The highest BCUT2D eigenvalue weighted by atomic mass is 32.1. The highest BCUT2D eigenvalue weighted by Gasteiger charge is 2.19. The summed E-state index contributed by atoms with van der Waals surface area (Å²) in [6.07, 6.45) is 0.577. The molecule has 0 aromatic heterocycles. The van der Waals surface area contributed by atoms with Crippen LogP contribution in [-0.4, -0.2) is 23.6 Å². The summed E-state index contributed by atoms with van der Waals surface area (Å²) in [5.41, 5.74) is 1.08. The first-order chi connectivity index (χ1) is 8.13. The van der Waals surface area contributed by atoms with Gasteiger partial charge in [-0.15, -0.1) is 0 Å². The van der Waals surface area contributed by atoms with Crippen LogP contribution < -0.4 is 5.32 Å². The van der Waals surface area contributed by atoms with Crippen molar-refractivity contribution in [2.45, 2.75) is 26.3 Å². The highest BCUT2D eigenvalue weighted by Crippen LogP contribution is 2.05. The summed E-state index contributed by atoms with van der Waals surface area (Å²) >= 11 is 4.97. The van der Waals surface area contributed by atoms with E-state index in [1.54, 1.807) is 13.8 Å². The van der Waals surface area contributed by atoms with Crippen LogP contribution in [0.1, 0.15) is 19.4 Å². The van der Waals surface area contributed by atoms with Crippen molar-refractivity contribution in [1.82, 2.24) is 5.32 Å². The second kappa shape index (κ2) is 7.01. The Morgan fingerprint density at radius 1 is 1.41 bits per heavy atom. The lowest BCUT2D eigenvalue weighted by molar-refractivity contribution is -0.145. The third-order valence-electron chi connectivity index (χ3n) is 2.23. The third-order valence-corrected chi connectivity index (χ3v) is 2.35. The fourth-order valence-electron chi connectivity index (χ4n) is 1.53. The van der Waals surface area contributed by atoms with E-state index in [-0.39, 0.29) is 5.97 Å². The van der Waals surface area contributed by atoms with Crippen LogP contribution in [-0.2, 0) is 16.0 Å². The maximum absolute atomic E-state index is 11.7. The molecule has 0 aliphatic rings. The summed E-state index contributed by atoms with van der Waals surface area (Å²) in [5.74, 6) is -0.263. The van der Waals surface area contributed by atoms with Gasteiger partial charge in [0.2, 0.25) is 0 Å². The van der Waals surface area contributed by atoms with Crippen LogP contribution in [0.2, 0.25) is 0 Å². The molecular weight excluding hydrogens is 234 g/mol. The first kappa shape index (κ1) is 13.6. The second-order valence-electron chi connectivity index (χ2n) is 3.69. The first-order valence-corrected chi connectivity index (χ1v) is 6.02. The Hall–Kier alpha value is -1.42. The molecule has 1 aromatic rings. The molecule has 0 saturated carbocycles. The lowest BCUT2D eigenvalue weighted by Crippen LogP contribution is -2.41. The van der Waals surface area contributed by atoms with Gasteiger partial charge < -0.3 is 10.1 Å². The maximum atomic E-state index is 11.7. The van der Waals surface area contributed by atoms with Crippen LogP contribution in [0, 0.1) is 0 Å². The fourth-order valence-corrected chi connectivity index (χ4v) is 1.67. The van der Waals surface area contributed by atoms with Crippen LogP contribution in [0.25, 0.3) is 0 Å². The normalized spacial score (nSPS) is 11.6. The van der Waals surface area contributed by atoms with E-state index in [9.17, 15) is 4.79 Å². The van der Waals surface area contributed by atoms with Crippen molar-refractivity contribution in [2.24, 2.45) is 0 Å². The van der Waals surface area contributed by atoms with E-state index in [0.29, 0.717) is 18.0 Å². The predicted octanol–water partition coefficient (Wildman–Crippen LogP) is 2.10. The van der Waals surface area contributed by atoms with Gasteiger partial charge in [-0.2, -0.15) is 0 Å². The number of carbonyl (C=O) groups is 1. The molecule has 0 aliphatic carbocycles. The molecule has 4 heteroatoms. The van der Waals surface area contributed by atoms with Crippen molar-refractivity contribution in [3.05, 3.63) is 35.9 Å². The first-order valence-electron chi connectivity index (χ1n) is 5.61. The van der Waals surface area contributed by atoms with Gasteiger partial charge in [0.05, 0.1) is 11.6 Å². The molecular formula is C13H17NO2S. The Bertz CT molecular complexity index is 378. The molecule has 0 aliphatic heterocycles. The molecule has 0 amide bonds. The molecule has 0 fully saturated rings. The van der Waals surface area contributed by atoms with Crippen molar-refractivity contribution in [2.75, 3.05) is 6.61 Å². The largest absolute Gasteiger partial charge is 0.464 e. The van der Waals surface area contributed by atoms with Gasteiger partial charge in [-0.3, -0.25) is 0 Å². The second-order valence-corrected chi connectivity index (χ2v) is 4.31. The molecule has 92 valence electrons. The molecule has 3 nitrogen and oxygen atoms in total. The summed E-state index contributed by atoms with van der Waals surface area (Å²) in [4.78, 5) is 12.3. The number of thiocarbonyl (C=S) groups is 1. The molecule has 0 radical (unpaired) electrons. The minimum atomic E-state index is -0.408. The fraction of sp³-hybridized carbons (Fsp3) is 0.385. The number of carbonyl (C=O) groups excluding carboxylic acids is 1. The Labute approximate surface area is 107 Å². The van der Waals surface area contributed by atoms with Crippen LogP contribution in [0.15, 0.2) is 30.3 Å².